The average molecular weight is 578 g/mol. The van der Waals surface area contributed by atoms with Gasteiger partial charge in [0.15, 0.2) is 10.6 Å². The molecule has 5 aromatic carbocycles. The summed E-state index contributed by atoms with van der Waals surface area (Å²) < 4.78 is 5.00. The third-order valence-corrected chi connectivity index (χ3v) is 8.49. The third-order valence-electron chi connectivity index (χ3n) is 8.18. The molecule has 43 heavy (non-hydrogen) atoms. The maximum atomic E-state index is 5.64. The molecule has 0 amide bonds. The lowest BCUT2D eigenvalue weighted by molar-refractivity contribution is 0.514. The van der Waals surface area contributed by atoms with Crippen LogP contribution in [0.2, 0.25) is 0 Å². The molecule has 6 heteroatoms. The molecular weight excluding hydrogens is 547 g/mol. The molecular formula is C37H31N5S. The predicted molar refractivity (Wildman–Crippen MR) is 176 cm³/mol. The Balaban J connectivity index is 1.20. The van der Waals surface area contributed by atoms with E-state index in [1.807, 2.05) is 6.33 Å². The first-order valence-electron chi connectivity index (χ1n) is 14.6. The van der Waals surface area contributed by atoms with E-state index < -0.39 is 5.54 Å². The van der Waals surface area contributed by atoms with Gasteiger partial charge >= 0.3 is 0 Å². The van der Waals surface area contributed by atoms with Crippen LogP contribution in [0.25, 0.3) is 22.2 Å². The van der Waals surface area contributed by atoms with E-state index in [1.165, 1.54) is 27.5 Å². The van der Waals surface area contributed by atoms with Crippen molar-refractivity contribution in [2.24, 2.45) is 0 Å². The molecule has 0 saturated carbocycles. The number of aromatic amines is 1. The first kappa shape index (κ1) is 26.8. The maximum absolute atomic E-state index is 5.64. The van der Waals surface area contributed by atoms with Crippen molar-refractivity contribution in [3.8, 4) is 11.4 Å². The fourth-order valence-corrected chi connectivity index (χ4v) is 6.38. The van der Waals surface area contributed by atoms with Gasteiger partial charge in [-0.15, -0.1) is 0 Å². The van der Waals surface area contributed by atoms with Crippen LogP contribution in [-0.2, 0) is 18.5 Å². The summed E-state index contributed by atoms with van der Waals surface area (Å²) >= 11 is 5.64. The van der Waals surface area contributed by atoms with E-state index in [4.69, 9.17) is 17.2 Å². The molecule has 0 spiro atoms. The predicted octanol–water partition coefficient (Wildman–Crippen LogP) is 8.43. The van der Waals surface area contributed by atoms with Gasteiger partial charge in [0, 0.05) is 18.3 Å². The number of imidazole rings is 1. The van der Waals surface area contributed by atoms with Crippen molar-refractivity contribution < 1.29 is 0 Å². The summed E-state index contributed by atoms with van der Waals surface area (Å²) in [5.41, 5.74) is 5.07. The molecule has 2 aromatic heterocycles. The second-order valence-corrected chi connectivity index (χ2v) is 11.1. The van der Waals surface area contributed by atoms with Gasteiger partial charge in [0.05, 0.1) is 12.0 Å². The summed E-state index contributed by atoms with van der Waals surface area (Å²) in [5, 5.41) is 9.98. The van der Waals surface area contributed by atoms with Crippen LogP contribution in [0.1, 0.15) is 28.8 Å². The van der Waals surface area contributed by atoms with Gasteiger partial charge in [0.2, 0.25) is 0 Å². The molecule has 2 heterocycles. The molecule has 0 radical (unpaired) electrons. The quantitative estimate of drug-likeness (QED) is 0.138. The SMILES string of the molecule is S=c1[nH]nc(-c2ccc3ccccc3c2)n1CCCc1cn(C(c2ccccc2)(c2ccccc2)c2ccccc2)cn1. The van der Waals surface area contributed by atoms with Gasteiger partial charge in [-0.25, -0.2) is 4.98 Å². The normalized spacial score (nSPS) is 11.6. The van der Waals surface area contributed by atoms with Crippen molar-refractivity contribution in [3.63, 3.8) is 0 Å². The summed E-state index contributed by atoms with van der Waals surface area (Å²) in [6, 6.07) is 46.8. The summed E-state index contributed by atoms with van der Waals surface area (Å²) in [4.78, 5) is 4.92. The summed E-state index contributed by atoms with van der Waals surface area (Å²) in [5.74, 6) is 0.859. The van der Waals surface area contributed by atoms with Crippen LogP contribution in [0.4, 0.5) is 0 Å². The number of rotatable bonds is 9. The van der Waals surface area contributed by atoms with Crippen LogP contribution in [0.3, 0.4) is 0 Å². The Bertz CT molecular complexity index is 1930. The molecule has 7 aromatic rings. The number of benzene rings is 5. The smallest absolute Gasteiger partial charge is 0.195 e. The Hall–Kier alpha value is -5.07. The van der Waals surface area contributed by atoms with Crippen molar-refractivity contribution in [2.45, 2.75) is 24.9 Å². The van der Waals surface area contributed by atoms with Crippen LogP contribution in [0, 0.1) is 4.77 Å². The Kier molecular flexibility index (Phi) is 7.27. The molecule has 0 fully saturated rings. The summed E-state index contributed by atoms with van der Waals surface area (Å²) in [6.07, 6.45) is 5.87. The highest BCUT2D eigenvalue weighted by molar-refractivity contribution is 7.71. The number of H-pyrrole nitrogens is 1. The summed E-state index contributed by atoms with van der Waals surface area (Å²) in [7, 11) is 0. The van der Waals surface area contributed by atoms with Gasteiger partial charge in [-0.2, -0.15) is 5.10 Å². The van der Waals surface area contributed by atoms with E-state index in [0.717, 1.165) is 36.5 Å². The first-order valence-corrected chi connectivity index (χ1v) is 15.0. The highest BCUT2D eigenvalue weighted by Gasteiger charge is 2.38. The van der Waals surface area contributed by atoms with Crippen LogP contribution in [0.5, 0.6) is 0 Å². The zero-order valence-corrected chi connectivity index (χ0v) is 24.5. The standard InChI is InChI=1S/C37H31N5S/c43-36-40-39-35(30-23-22-28-13-10-11-14-29(28)25-30)42(36)24-12-21-34-26-41(27-38-34)37(31-15-4-1-5-16-31,32-17-6-2-7-18-32)33-19-8-3-9-20-33/h1-11,13-20,22-23,25-27H,12,21,24H2,(H,40,43). The minimum absolute atomic E-state index is 0.564. The molecule has 0 atom stereocenters. The van der Waals surface area contributed by atoms with Crippen molar-refractivity contribution >= 4 is 23.0 Å². The van der Waals surface area contributed by atoms with E-state index in [-0.39, 0.29) is 0 Å². The molecule has 7 rings (SSSR count). The number of hydrogen-bond donors (Lipinski definition) is 1. The van der Waals surface area contributed by atoms with Crippen LogP contribution in [0.15, 0.2) is 146 Å². The third kappa shape index (κ3) is 5.00. The van der Waals surface area contributed by atoms with E-state index >= 15 is 0 Å². The van der Waals surface area contributed by atoms with Gasteiger partial charge in [0.1, 0.15) is 5.54 Å². The van der Waals surface area contributed by atoms with Crippen LogP contribution < -0.4 is 0 Å². The first-order chi connectivity index (χ1) is 21.2. The topological polar surface area (TPSA) is 51.4 Å². The van der Waals surface area contributed by atoms with Gasteiger partial charge in [-0.3, -0.25) is 5.10 Å². The number of hydrogen-bond acceptors (Lipinski definition) is 3. The Labute approximate surface area is 256 Å². The molecule has 0 aliphatic carbocycles. The highest BCUT2D eigenvalue weighted by atomic mass is 32.1. The second kappa shape index (κ2) is 11.7. The zero-order valence-electron chi connectivity index (χ0n) is 23.7. The number of aryl methyl sites for hydroxylation is 1. The minimum atomic E-state index is -0.564. The maximum Gasteiger partial charge on any atom is 0.195 e. The fraction of sp³-hybridized carbons (Fsp3) is 0.108. The molecule has 210 valence electrons. The monoisotopic (exact) mass is 577 g/mol. The number of fused-ring (bicyclic) bond motifs is 1. The fourth-order valence-electron chi connectivity index (χ4n) is 6.15. The number of nitrogens with zero attached hydrogens (tertiary/aromatic N) is 4. The number of aromatic nitrogens is 5. The Morgan fingerprint density at radius 3 is 1.88 bits per heavy atom. The van der Waals surface area contributed by atoms with Gasteiger partial charge in [-0.05, 0) is 58.6 Å². The average Bonchev–Trinajstić information content (AvgIpc) is 3.69. The molecule has 0 unspecified atom stereocenters. The lowest BCUT2D eigenvalue weighted by Gasteiger charge is -2.37. The van der Waals surface area contributed by atoms with Crippen molar-refractivity contribution in [1.82, 2.24) is 24.3 Å². The molecule has 0 aliphatic heterocycles. The van der Waals surface area contributed by atoms with Crippen molar-refractivity contribution in [1.29, 1.82) is 0 Å². The largest absolute Gasteiger partial charge is 0.319 e. The lowest BCUT2D eigenvalue weighted by Crippen LogP contribution is -2.36. The molecule has 1 N–H and O–H groups in total. The lowest BCUT2D eigenvalue weighted by atomic mass is 9.77. The van der Waals surface area contributed by atoms with Gasteiger partial charge in [-0.1, -0.05) is 127 Å². The van der Waals surface area contributed by atoms with Crippen LogP contribution in [-0.4, -0.2) is 24.3 Å². The van der Waals surface area contributed by atoms with Gasteiger partial charge < -0.3 is 9.13 Å². The molecule has 5 nitrogen and oxygen atoms in total. The molecule has 0 saturated heterocycles. The van der Waals surface area contributed by atoms with E-state index in [0.29, 0.717) is 4.77 Å². The zero-order chi connectivity index (χ0) is 29.1. The molecule has 0 aliphatic rings. The van der Waals surface area contributed by atoms with Crippen molar-refractivity contribution in [3.05, 3.63) is 173 Å². The van der Waals surface area contributed by atoms with E-state index in [9.17, 15) is 0 Å². The summed E-state index contributed by atoms with van der Waals surface area (Å²) in [6.45, 7) is 0.742. The van der Waals surface area contributed by atoms with E-state index in [1.54, 1.807) is 0 Å². The van der Waals surface area contributed by atoms with E-state index in [2.05, 4.69) is 159 Å². The van der Waals surface area contributed by atoms with Crippen molar-refractivity contribution in [2.75, 3.05) is 0 Å². The minimum Gasteiger partial charge on any atom is -0.319 e. The Morgan fingerprint density at radius 1 is 0.674 bits per heavy atom. The van der Waals surface area contributed by atoms with Gasteiger partial charge in [0.25, 0.3) is 0 Å². The molecule has 0 bridgehead atoms. The van der Waals surface area contributed by atoms with Crippen LogP contribution >= 0.6 is 12.2 Å². The number of nitrogens with one attached hydrogen (secondary N) is 1. The Morgan fingerprint density at radius 2 is 1.26 bits per heavy atom. The highest BCUT2D eigenvalue weighted by Crippen LogP contribution is 2.40. The second-order valence-electron chi connectivity index (χ2n) is 10.8.